The smallest absolute Gasteiger partial charge is 0.137 e. The fourth-order valence-electron chi connectivity index (χ4n) is 5.26. The molecule has 134 valence electrons. The summed E-state index contributed by atoms with van der Waals surface area (Å²) in [6.07, 6.45) is 6.70. The highest BCUT2D eigenvalue weighted by atomic mass is 16.3. The molecule has 1 saturated carbocycles. The van der Waals surface area contributed by atoms with Crippen molar-refractivity contribution in [3.8, 4) is 0 Å². The summed E-state index contributed by atoms with van der Waals surface area (Å²) in [5.74, 6) is 0.673. The molecule has 1 fully saturated rings. The molecule has 0 spiro atoms. The molecule has 2 heterocycles. The first-order chi connectivity index (χ1) is 13.3. The summed E-state index contributed by atoms with van der Waals surface area (Å²) in [5.41, 5.74) is 6.05. The normalized spacial score (nSPS) is 16.2. The molecule has 2 aromatic heterocycles. The Bertz CT molecular complexity index is 1310. The maximum atomic E-state index is 6.33. The van der Waals surface area contributed by atoms with Crippen molar-refractivity contribution in [1.29, 1.82) is 0 Å². The standard InChI is InChI=1S/C25H23NO/c1-26-21-12-6-5-10-18(21)19-14-20-24(15-22(19)26)27-23-13-7-11-17(25(20)23)16-8-3-2-4-9-16/h5-7,10-16H,2-4,8-9H2,1H3. The van der Waals surface area contributed by atoms with Crippen molar-refractivity contribution in [2.45, 2.75) is 38.0 Å². The molecule has 0 aliphatic heterocycles. The lowest BCUT2D eigenvalue weighted by molar-refractivity contribution is 0.445. The van der Waals surface area contributed by atoms with Crippen LogP contribution in [0.25, 0.3) is 43.7 Å². The van der Waals surface area contributed by atoms with Gasteiger partial charge in [0.05, 0.1) is 5.52 Å². The van der Waals surface area contributed by atoms with E-state index in [4.69, 9.17) is 4.42 Å². The maximum Gasteiger partial charge on any atom is 0.137 e. The fraction of sp³-hybridized carbons (Fsp3) is 0.280. The van der Waals surface area contributed by atoms with Gasteiger partial charge in [0.15, 0.2) is 0 Å². The molecule has 3 aromatic carbocycles. The van der Waals surface area contributed by atoms with Gasteiger partial charge in [-0.2, -0.15) is 0 Å². The van der Waals surface area contributed by atoms with E-state index in [0.717, 1.165) is 11.2 Å². The molecule has 0 bridgehead atoms. The number of nitrogens with zero attached hydrogens (tertiary/aromatic N) is 1. The average Bonchev–Trinajstić information content (AvgIpc) is 3.23. The van der Waals surface area contributed by atoms with E-state index in [1.54, 1.807) is 0 Å². The summed E-state index contributed by atoms with van der Waals surface area (Å²) in [6.45, 7) is 0. The first-order valence-corrected chi connectivity index (χ1v) is 10.1. The Morgan fingerprint density at radius 3 is 2.52 bits per heavy atom. The molecule has 1 aliphatic rings. The van der Waals surface area contributed by atoms with Gasteiger partial charge < -0.3 is 8.98 Å². The van der Waals surface area contributed by atoms with Crippen LogP contribution in [0, 0.1) is 0 Å². The lowest BCUT2D eigenvalue weighted by Crippen LogP contribution is -2.04. The topological polar surface area (TPSA) is 18.1 Å². The third kappa shape index (κ3) is 2.13. The van der Waals surface area contributed by atoms with Crippen LogP contribution in [0.3, 0.4) is 0 Å². The van der Waals surface area contributed by atoms with E-state index in [0.29, 0.717) is 5.92 Å². The molecular formula is C25H23NO. The predicted octanol–water partition coefficient (Wildman–Crippen LogP) is 7.28. The van der Waals surface area contributed by atoms with Gasteiger partial charge in [-0.05, 0) is 42.5 Å². The van der Waals surface area contributed by atoms with Gasteiger partial charge in [0, 0.05) is 40.2 Å². The van der Waals surface area contributed by atoms with Crippen LogP contribution >= 0.6 is 0 Å². The summed E-state index contributed by atoms with van der Waals surface area (Å²) in [7, 11) is 2.15. The molecular weight excluding hydrogens is 330 g/mol. The Morgan fingerprint density at radius 2 is 1.63 bits per heavy atom. The van der Waals surface area contributed by atoms with Crippen molar-refractivity contribution in [3.05, 3.63) is 60.2 Å². The van der Waals surface area contributed by atoms with E-state index >= 15 is 0 Å². The summed E-state index contributed by atoms with van der Waals surface area (Å²) in [6, 6.07) is 19.9. The minimum absolute atomic E-state index is 0.673. The number of benzene rings is 3. The Kier molecular flexibility index (Phi) is 3.19. The number of aromatic nitrogens is 1. The van der Waals surface area contributed by atoms with Crippen LogP contribution in [0.15, 0.2) is 59.0 Å². The van der Waals surface area contributed by atoms with E-state index in [1.165, 1.54) is 70.2 Å². The van der Waals surface area contributed by atoms with E-state index in [9.17, 15) is 0 Å². The van der Waals surface area contributed by atoms with Crippen LogP contribution < -0.4 is 0 Å². The highest BCUT2D eigenvalue weighted by Gasteiger charge is 2.21. The summed E-state index contributed by atoms with van der Waals surface area (Å²) < 4.78 is 8.61. The third-order valence-electron chi connectivity index (χ3n) is 6.61. The molecule has 2 heteroatoms. The zero-order valence-corrected chi connectivity index (χ0v) is 15.7. The van der Waals surface area contributed by atoms with Crippen molar-refractivity contribution in [1.82, 2.24) is 4.57 Å². The molecule has 27 heavy (non-hydrogen) atoms. The first-order valence-electron chi connectivity index (χ1n) is 10.1. The molecule has 0 unspecified atom stereocenters. The summed E-state index contributed by atoms with van der Waals surface area (Å²) in [5, 5.41) is 5.26. The average molecular weight is 353 g/mol. The summed E-state index contributed by atoms with van der Waals surface area (Å²) in [4.78, 5) is 0. The van der Waals surface area contributed by atoms with Crippen LogP contribution in [0.5, 0.6) is 0 Å². The van der Waals surface area contributed by atoms with Crippen molar-refractivity contribution in [3.63, 3.8) is 0 Å². The van der Waals surface area contributed by atoms with E-state index in [1.807, 2.05) is 0 Å². The second kappa shape index (κ2) is 5.63. The molecule has 1 aliphatic carbocycles. The highest BCUT2D eigenvalue weighted by molar-refractivity contribution is 6.17. The van der Waals surface area contributed by atoms with Gasteiger partial charge in [0.25, 0.3) is 0 Å². The van der Waals surface area contributed by atoms with Gasteiger partial charge in [-0.1, -0.05) is 49.6 Å². The fourth-order valence-corrected chi connectivity index (χ4v) is 5.26. The number of para-hydroxylation sites is 1. The van der Waals surface area contributed by atoms with Gasteiger partial charge >= 0.3 is 0 Å². The van der Waals surface area contributed by atoms with Crippen LogP contribution in [-0.2, 0) is 7.05 Å². The number of hydrogen-bond donors (Lipinski definition) is 0. The number of furan rings is 1. The number of fused-ring (bicyclic) bond motifs is 6. The van der Waals surface area contributed by atoms with Crippen LogP contribution in [-0.4, -0.2) is 4.57 Å². The minimum Gasteiger partial charge on any atom is -0.456 e. The van der Waals surface area contributed by atoms with Crippen molar-refractivity contribution >= 4 is 43.7 Å². The zero-order valence-electron chi connectivity index (χ0n) is 15.7. The predicted molar refractivity (Wildman–Crippen MR) is 114 cm³/mol. The summed E-state index contributed by atoms with van der Waals surface area (Å²) >= 11 is 0. The van der Waals surface area contributed by atoms with E-state index in [2.05, 4.69) is 66.2 Å². The van der Waals surface area contributed by atoms with Crippen molar-refractivity contribution in [2.75, 3.05) is 0 Å². The Hall–Kier alpha value is -2.74. The number of hydrogen-bond acceptors (Lipinski definition) is 1. The molecule has 0 amide bonds. The van der Waals surface area contributed by atoms with Gasteiger partial charge in [-0.15, -0.1) is 0 Å². The minimum atomic E-state index is 0.673. The van der Waals surface area contributed by atoms with Crippen LogP contribution in [0.1, 0.15) is 43.6 Å². The lowest BCUT2D eigenvalue weighted by Gasteiger charge is -2.22. The Morgan fingerprint density at radius 1 is 0.778 bits per heavy atom. The Labute approximate surface area is 158 Å². The van der Waals surface area contributed by atoms with Crippen molar-refractivity contribution in [2.24, 2.45) is 7.05 Å². The van der Waals surface area contributed by atoms with E-state index in [-0.39, 0.29) is 0 Å². The van der Waals surface area contributed by atoms with Crippen LogP contribution in [0.2, 0.25) is 0 Å². The maximum absolute atomic E-state index is 6.33. The molecule has 5 aromatic rings. The second-order valence-electron chi connectivity index (χ2n) is 8.10. The first kappa shape index (κ1) is 15.3. The molecule has 0 radical (unpaired) electrons. The number of rotatable bonds is 1. The van der Waals surface area contributed by atoms with Gasteiger partial charge in [-0.25, -0.2) is 0 Å². The molecule has 0 saturated heterocycles. The van der Waals surface area contributed by atoms with Crippen LogP contribution in [0.4, 0.5) is 0 Å². The highest BCUT2D eigenvalue weighted by Crippen LogP contribution is 2.42. The lowest BCUT2D eigenvalue weighted by atomic mass is 9.82. The monoisotopic (exact) mass is 353 g/mol. The molecule has 6 rings (SSSR count). The SMILES string of the molecule is Cn1c2ccccc2c2cc3c(cc21)oc1cccc(C2CCCCC2)c13. The third-order valence-corrected chi connectivity index (χ3v) is 6.61. The molecule has 2 nitrogen and oxygen atoms in total. The molecule has 0 atom stereocenters. The zero-order chi connectivity index (χ0) is 18.0. The largest absolute Gasteiger partial charge is 0.456 e. The second-order valence-corrected chi connectivity index (χ2v) is 8.10. The molecule has 0 N–H and O–H groups in total. The van der Waals surface area contributed by atoms with Crippen molar-refractivity contribution < 1.29 is 4.42 Å². The Balaban J connectivity index is 1.72. The van der Waals surface area contributed by atoms with Gasteiger partial charge in [0.2, 0.25) is 0 Å². The quantitative estimate of drug-likeness (QED) is 0.310. The van der Waals surface area contributed by atoms with Gasteiger partial charge in [0.1, 0.15) is 11.2 Å². The van der Waals surface area contributed by atoms with Gasteiger partial charge in [-0.3, -0.25) is 0 Å². The number of aryl methyl sites for hydroxylation is 1. The van der Waals surface area contributed by atoms with E-state index < -0.39 is 0 Å².